The SMILES string of the molecule is C/C=C/C(=O)c1ccc(OC)cc1F. The first-order valence-corrected chi connectivity index (χ1v) is 4.19. The largest absolute Gasteiger partial charge is 0.497 e. The van der Waals surface area contributed by atoms with Crippen LogP contribution >= 0.6 is 0 Å². The Morgan fingerprint density at radius 1 is 1.50 bits per heavy atom. The molecule has 0 unspecified atom stereocenters. The number of allylic oxidation sites excluding steroid dienone is 2. The Balaban J connectivity index is 3.05. The molecule has 1 aromatic carbocycles. The molecule has 2 nitrogen and oxygen atoms in total. The van der Waals surface area contributed by atoms with E-state index in [-0.39, 0.29) is 11.3 Å². The summed E-state index contributed by atoms with van der Waals surface area (Å²) < 4.78 is 18.1. The summed E-state index contributed by atoms with van der Waals surface area (Å²) in [5.74, 6) is -0.500. The van der Waals surface area contributed by atoms with Crippen molar-refractivity contribution in [2.75, 3.05) is 7.11 Å². The predicted octanol–water partition coefficient (Wildman–Crippen LogP) is 2.59. The van der Waals surface area contributed by atoms with Crippen LogP contribution in [0.3, 0.4) is 0 Å². The van der Waals surface area contributed by atoms with Crippen molar-refractivity contribution < 1.29 is 13.9 Å². The Hall–Kier alpha value is -1.64. The number of rotatable bonds is 3. The van der Waals surface area contributed by atoms with Crippen molar-refractivity contribution in [3.05, 3.63) is 41.7 Å². The lowest BCUT2D eigenvalue weighted by atomic mass is 10.1. The summed E-state index contributed by atoms with van der Waals surface area (Å²) in [6, 6.07) is 4.16. The molecule has 0 heterocycles. The Labute approximate surface area is 82.0 Å². The predicted molar refractivity (Wildman–Crippen MR) is 52.1 cm³/mol. The van der Waals surface area contributed by atoms with E-state index in [4.69, 9.17) is 4.74 Å². The summed E-state index contributed by atoms with van der Waals surface area (Å²) in [7, 11) is 1.45. The van der Waals surface area contributed by atoms with Crippen LogP contribution in [0.15, 0.2) is 30.4 Å². The molecule has 14 heavy (non-hydrogen) atoms. The third-order valence-corrected chi connectivity index (χ3v) is 1.76. The Kier molecular flexibility index (Phi) is 3.40. The van der Waals surface area contributed by atoms with Crippen molar-refractivity contribution in [3.63, 3.8) is 0 Å². The zero-order valence-corrected chi connectivity index (χ0v) is 8.08. The fraction of sp³-hybridized carbons (Fsp3) is 0.182. The van der Waals surface area contributed by atoms with E-state index in [0.717, 1.165) is 0 Å². The molecule has 0 N–H and O–H groups in total. The van der Waals surface area contributed by atoms with E-state index in [9.17, 15) is 9.18 Å². The highest BCUT2D eigenvalue weighted by atomic mass is 19.1. The standard InChI is InChI=1S/C11H11FO2/c1-3-4-11(13)9-6-5-8(14-2)7-10(9)12/h3-7H,1-2H3/b4-3+. The van der Waals surface area contributed by atoms with Crippen LogP contribution in [0.1, 0.15) is 17.3 Å². The van der Waals surface area contributed by atoms with E-state index >= 15 is 0 Å². The van der Waals surface area contributed by atoms with Gasteiger partial charge in [0.1, 0.15) is 11.6 Å². The number of methoxy groups -OCH3 is 1. The molecule has 74 valence electrons. The second-order valence-corrected chi connectivity index (χ2v) is 2.71. The zero-order valence-electron chi connectivity index (χ0n) is 8.08. The number of halogens is 1. The van der Waals surface area contributed by atoms with Crippen LogP contribution in [0.2, 0.25) is 0 Å². The van der Waals surface area contributed by atoms with E-state index in [2.05, 4.69) is 0 Å². The molecule has 1 aromatic rings. The van der Waals surface area contributed by atoms with Gasteiger partial charge in [0.05, 0.1) is 12.7 Å². The van der Waals surface area contributed by atoms with Crippen molar-refractivity contribution in [1.29, 1.82) is 0 Å². The summed E-state index contributed by atoms with van der Waals surface area (Å²) in [6.07, 6.45) is 2.90. The average Bonchev–Trinajstić information content (AvgIpc) is 2.17. The minimum atomic E-state index is -0.563. The second-order valence-electron chi connectivity index (χ2n) is 2.71. The van der Waals surface area contributed by atoms with Gasteiger partial charge in [-0.15, -0.1) is 0 Å². The van der Waals surface area contributed by atoms with Crippen LogP contribution in [0.4, 0.5) is 4.39 Å². The fourth-order valence-electron chi connectivity index (χ4n) is 1.06. The summed E-state index contributed by atoms with van der Waals surface area (Å²) in [5, 5.41) is 0. The van der Waals surface area contributed by atoms with Gasteiger partial charge in [0.25, 0.3) is 0 Å². The van der Waals surface area contributed by atoms with E-state index in [0.29, 0.717) is 5.75 Å². The van der Waals surface area contributed by atoms with E-state index in [1.807, 2.05) is 0 Å². The van der Waals surface area contributed by atoms with Gasteiger partial charge in [-0.1, -0.05) is 6.08 Å². The topological polar surface area (TPSA) is 26.3 Å². The van der Waals surface area contributed by atoms with Gasteiger partial charge in [0.15, 0.2) is 5.78 Å². The molecule has 0 aromatic heterocycles. The number of hydrogen-bond donors (Lipinski definition) is 0. The van der Waals surface area contributed by atoms with Crippen molar-refractivity contribution in [3.8, 4) is 5.75 Å². The average molecular weight is 194 g/mol. The summed E-state index contributed by atoms with van der Waals surface area (Å²) in [4.78, 5) is 11.3. The van der Waals surface area contributed by atoms with Gasteiger partial charge in [0.2, 0.25) is 0 Å². The molecule has 0 saturated heterocycles. The van der Waals surface area contributed by atoms with Crippen LogP contribution < -0.4 is 4.74 Å². The molecule has 0 amide bonds. The van der Waals surface area contributed by atoms with Gasteiger partial charge in [-0.2, -0.15) is 0 Å². The van der Waals surface area contributed by atoms with Gasteiger partial charge in [-0.3, -0.25) is 4.79 Å². The number of ether oxygens (including phenoxy) is 1. The lowest BCUT2D eigenvalue weighted by Gasteiger charge is -2.02. The summed E-state index contributed by atoms with van der Waals surface area (Å²) in [5.41, 5.74) is 0.0592. The van der Waals surface area contributed by atoms with Gasteiger partial charge in [-0.25, -0.2) is 4.39 Å². The normalized spacial score (nSPS) is 10.5. The van der Waals surface area contributed by atoms with Crippen LogP contribution in [-0.4, -0.2) is 12.9 Å². The molecule has 0 atom stereocenters. The first-order chi connectivity index (χ1) is 6.69. The Morgan fingerprint density at radius 3 is 2.71 bits per heavy atom. The highest BCUT2D eigenvalue weighted by Crippen LogP contribution is 2.16. The molecule has 0 bridgehead atoms. The monoisotopic (exact) mass is 194 g/mol. The van der Waals surface area contributed by atoms with Crippen LogP contribution in [0, 0.1) is 5.82 Å². The maximum atomic E-state index is 13.3. The first kappa shape index (κ1) is 10.4. The van der Waals surface area contributed by atoms with Crippen LogP contribution in [0.25, 0.3) is 0 Å². The molecular formula is C11H11FO2. The minimum Gasteiger partial charge on any atom is -0.497 e. The first-order valence-electron chi connectivity index (χ1n) is 4.19. The van der Waals surface area contributed by atoms with Crippen molar-refractivity contribution >= 4 is 5.78 Å². The molecule has 0 fully saturated rings. The number of hydrogen-bond acceptors (Lipinski definition) is 2. The van der Waals surface area contributed by atoms with Crippen molar-refractivity contribution in [2.24, 2.45) is 0 Å². The molecule has 0 aliphatic carbocycles. The molecular weight excluding hydrogens is 183 g/mol. The van der Waals surface area contributed by atoms with Crippen molar-refractivity contribution in [2.45, 2.75) is 6.92 Å². The number of ketones is 1. The van der Waals surface area contributed by atoms with Crippen LogP contribution in [-0.2, 0) is 0 Å². The lowest BCUT2D eigenvalue weighted by Crippen LogP contribution is -1.98. The maximum absolute atomic E-state index is 13.3. The fourth-order valence-corrected chi connectivity index (χ4v) is 1.06. The molecule has 0 aliphatic heterocycles. The van der Waals surface area contributed by atoms with E-state index in [1.54, 1.807) is 19.1 Å². The summed E-state index contributed by atoms with van der Waals surface area (Å²) >= 11 is 0. The molecule has 3 heteroatoms. The van der Waals surface area contributed by atoms with Crippen LogP contribution in [0.5, 0.6) is 5.75 Å². The highest BCUT2D eigenvalue weighted by Gasteiger charge is 2.09. The number of benzene rings is 1. The number of carbonyl (C=O) groups excluding carboxylic acids is 1. The Bertz CT molecular complexity index is 370. The second kappa shape index (κ2) is 4.56. The van der Waals surface area contributed by atoms with Gasteiger partial charge in [0, 0.05) is 6.07 Å². The van der Waals surface area contributed by atoms with Gasteiger partial charge < -0.3 is 4.74 Å². The van der Waals surface area contributed by atoms with Gasteiger partial charge in [-0.05, 0) is 25.1 Å². The third-order valence-electron chi connectivity index (χ3n) is 1.76. The molecule has 0 spiro atoms. The molecule has 1 rings (SSSR count). The van der Waals surface area contributed by atoms with E-state index < -0.39 is 5.82 Å². The number of carbonyl (C=O) groups is 1. The maximum Gasteiger partial charge on any atom is 0.188 e. The summed E-state index contributed by atoms with van der Waals surface area (Å²) in [6.45, 7) is 1.71. The molecule has 0 aliphatic rings. The van der Waals surface area contributed by atoms with Crippen molar-refractivity contribution in [1.82, 2.24) is 0 Å². The minimum absolute atomic E-state index is 0.0592. The molecule has 0 saturated carbocycles. The third kappa shape index (κ3) is 2.19. The Morgan fingerprint density at radius 2 is 2.21 bits per heavy atom. The zero-order chi connectivity index (χ0) is 10.6. The smallest absolute Gasteiger partial charge is 0.188 e. The quantitative estimate of drug-likeness (QED) is 0.546. The lowest BCUT2D eigenvalue weighted by molar-refractivity contribution is 0.104. The van der Waals surface area contributed by atoms with Gasteiger partial charge >= 0.3 is 0 Å². The van der Waals surface area contributed by atoms with E-state index in [1.165, 1.54) is 25.3 Å². The highest BCUT2D eigenvalue weighted by molar-refractivity contribution is 6.04. The molecule has 0 radical (unpaired) electrons.